The van der Waals surface area contributed by atoms with E-state index in [-0.39, 0.29) is 10.5 Å². The molecule has 2 heterocycles. The minimum Gasteiger partial charge on any atom is -0.383 e. The summed E-state index contributed by atoms with van der Waals surface area (Å²) in [5.41, 5.74) is 4.82. The molecule has 0 saturated heterocycles. The Morgan fingerprint density at radius 1 is 0.902 bits per heavy atom. The lowest BCUT2D eigenvalue weighted by Gasteiger charge is -2.10. The predicted molar refractivity (Wildman–Crippen MR) is 162 cm³/mol. The molecule has 2 aromatic heterocycles. The van der Waals surface area contributed by atoms with Gasteiger partial charge in [0.15, 0.2) is 0 Å². The number of sulfonamides is 1. The van der Waals surface area contributed by atoms with Gasteiger partial charge in [-0.05, 0) is 73.7 Å². The Labute approximate surface area is 242 Å². The molecule has 0 aliphatic rings. The number of hydrogen-bond donors (Lipinski definition) is 1. The van der Waals surface area contributed by atoms with Crippen LogP contribution in [-0.2, 0) is 27.8 Å². The van der Waals surface area contributed by atoms with E-state index in [2.05, 4.69) is 51.1 Å². The number of fused-ring (bicyclic) bond motifs is 4. The highest BCUT2D eigenvalue weighted by Gasteiger charge is 2.21. The molecule has 0 aliphatic heterocycles. The van der Waals surface area contributed by atoms with Crippen molar-refractivity contribution in [3.8, 4) is 11.4 Å². The molecule has 0 aliphatic carbocycles. The largest absolute Gasteiger partial charge is 0.383 e. The summed E-state index contributed by atoms with van der Waals surface area (Å²) in [6.07, 6.45) is 0. The monoisotopic (exact) mass is 586 g/mol. The maximum absolute atomic E-state index is 13.0. The van der Waals surface area contributed by atoms with Crippen molar-refractivity contribution in [1.29, 1.82) is 0 Å². The molecule has 8 nitrogen and oxygen atoms in total. The first-order chi connectivity index (χ1) is 19.8. The van der Waals surface area contributed by atoms with Gasteiger partial charge in [0.2, 0.25) is 0 Å². The van der Waals surface area contributed by atoms with Crippen LogP contribution in [0, 0.1) is 0 Å². The second-order valence-corrected chi connectivity index (χ2v) is 11.8. The number of methoxy groups -OCH3 is 1. The number of halogens is 1. The molecule has 0 unspecified atom stereocenters. The molecule has 0 saturated carbocycles. The minimum atomic E-state index is -4.08. The van der Waals surface area contributed by atoms with Crippen molar-refractivity contribution in [3.05, 3.63) is 95.5 Å². The number of rotatable bonds is 8. The number of nitrogens with one attached hydrogen (secondary N) is 1. The van der Waals surface area contributed by atoms with E-state index < -0.39 is 15.9 Å². The number of carbonyl (C=O) groups is 1. The molecule has 0 radical (unpaired) electrons. The normalized spacial score (nSPS) is 12.0. The van der Waals surface area contributed by atoms with E-state index in [4.69, 9.17) is 21.3 Å². The summed E-state index contributed by atoms with van der Waals surface area (Å²) in [4.78, 5) is 17.9. The summed E-state index contributed by atoms with van der Waals surface area (Å²) in [6, 6.07) is 25.3. The Kier molecular flexibility index (Phi) is 7.03. The number of aromatic nitrogens is 3. The molecule has 0 atom stereocenters. The Balaban J connectivity index is 1.42. The summed E-state index contributed by atoms with van der Waals surface area (Å²) in [7, 11) is -2.43. The van der Waals surface area contributed by atoms with Gasteiger partial charge < -0.3 is 13.9 Å². The van der Waals surface area contributed by atoms with Gasteiger partial charge in [-0.1, -0.05) is 29.8 Å². The number of nitrogens with zero attached hydrogens (tertiary/aromatic N) is 3. The highest BCUT2D eigenvalue weighted by Crippen LogP contribution is 2.34. The molecule has 0 fully saturated rings. The van der Waals surface area contributed by atoms with Gasteiger partial charge in [-0.2, -0.15) is 0 Å². The van der Waals surface area contributed by atoms with Crippen LogP contribution in [0.3, 0.4) is 0 Å². The number of imidazole rings is 1. The summed E-state index contributed by atoms with van der Waals surface area (Å²) < 4.78 is 37.4. The average Bonchev–Trinajstić information content (AvgIpc) is 3.50. The van der Waals surface area contributed by atoms with Gasteiger partial charge >= 0.3 is 0 Å². The number of para-hydroxylation sites is 1. The molecule has 0 bridgehead atoms. The first-order valence-corrected chi connectivity index (χ1v) is 15.0. The van der Waals surface area contributed by atoms with Crippen molar-refractivity contribution >= 4 is 60.4 Å². The van der Waals surface area contributed by atoms with Gasteiger partial charge in [-0.25, -0.2) is 18.1 Å². The fraction of sp³-hybridized carbons (Fsp3) is 0.161. The van der Waals surface area contributed by atoms with E-state index >= 15 is 0 Å². The highest BCUT2D eigenvalue weighted by molar-refractivity contribution is 7.90. The number of aryl methyl sites for hydroxylation is 1. The zero-order valence-electron chi connectivity index (χ0n) is 22.5. The molecule has 1 N–H and O–H groups in total. The van der Waals surface area contributed by atoms with Crippen molar-refractivity contribution in [2.24, 2.45) is 0 Å². The molecular weight excluding hydrogens is 560 g/mol. The SMILES string of the molecule is CCn1c2ccccc2c2cc(-c3nc4cc(C(=O)NS(=O)(=O)c5ccc(Cl)cc5)ccc4n3CCOC)ccc21. The van der Waals surface area contributed by atoms with Crippen LogP contribution in [0.15, 0.2) is 89.8 Å². The Morgan fingerprint density at radius 3 is 2.39 bits per heavy atom. The molecule has 208 valence electrons. The smallest absolute Gasteiger partial charge is 0.265 e. The summed E-state index contributed by atoms with van der Waals surface area (Å²) in [5, 5.41) is 2.71. The first kappa shape index (κ1) is 27.0. The van der Waals surface area contributed by atoms with Gasteiger partial charge in [-0.3, -0.25) is 4.79 Å². The van der Waals surface area contributed by atoms with Crippen molar-refractivity contribution < 1.29 is 17.9 Å². The fourth-order valence-corrected chi connectivity index (χ4v) is 6.39. The minimum absolute atomic E-state index is 0.0534. The van der Waals surface area contributed by atoms with Crippen LogP contribution in [0.2, 0.25) is 5.02 Å². The Morgan fingerprint density at radius 2 is 1.63 bits per heavy atom. The maximum atomic E-state index is 13.0. The second kappa shape index (κ2) is 10.7. The van der Waals surface area contributed by atoms with Crippen molar-refractivity contribution in [2.45, 2.75) is 24.9 Å². The summed E-state index contributed by atoms with van der Waals surface area (Å²) in [6.45, 7) is 4.01. The van der Waals surface area contributed by atoms with Crippen LogP contribution in [0.1, 0.15) is 17.3 Å². The molecule has 4 aromatic carbocycles. The van der Waals surface area contributed by atoms with Crippen molar-refractivity contribution in [2.75, 3.05) is 13.7 Å². The lowest BCUT2D eigenvalue weighted by molar-refractivity contribution is 0.0981. The van der Waals surface area contributed by atoms with E-state index in [1.54, 1.807) is 25.3 Å². The van der Waals surface area contributed by atoms with E-state index in [0.717, 1.165) is 34.4 Å². The third-order valence-electron chi connectivity index (χ3n) is 7.23. The average molecular weight is 587 g/mol. The molecular formula is C31H27ClN4O4S. The van der Waals surface area contributed by atoms with Gasteiger partial charge in [0.25, 0.3) is 15.9 Å². The first-order valence-electron chi connectivity index (χ1n) is 13.1. The zero-order valence-corrected chi connectivity index (χ0v) is 24.0. The number of hydrogen-bond acceptors (Lipinski definition) is 5. The number of ether oxygens (including phenoxy) is 1. The summed E-state index contributed by atoms with van der Waals surface area (Å²) in [5.74, 6) is -0.0118. The van der Waals surface area contributed by atoms with Crippen LogP contribution < -0.4 is 4.72 Å². The third-order valence-corrected chi connectivity index (χ3v) is 8.83. The van der Waals surface area contributed by atoms with Gasteiger partial charge in [0.1, 0.15) is 5.82 Å². The number of benzene rings is 4. The quantitative estimate of drug-likeness (QED) is 0.227. The van der Waals surface area contributed by atoms with E-state index in [1.165, 1.54) is 35.2 Å². The van der Waals surface area contributed by atoms with Crippen LogP contribution in [-0.4, -0.2) is 42.2 Å². The lowest BCUT2D eigenvalue weighted by Crippen LogP contribution is -2.30. The third kappa shape index (κ3) is 4.86. The van der Waals surface area contributed by atoms with E-state index in [1.807, 2.05) is 12.1 Å². The molecule has 0 spiro atoms. The van der Waals surface area contributed by atoms with Gasteiger partial charge in [0.05, 0.1) is 22.5 Å². The standard InChI is InChI=1S/C31H27ClN4O4S/c1-3-35-27-7-5-4-6-24(27)25-18-20(8-14-28(25)35)30-33-26-19-21(9-15-29(26)36(30)16-17-40-2)31(37)34-41(38,39)23-12-10-22(32)11-13-23/h4-15,18-19H,3,16-17H2,1-2H3,(H,34,37). The molecule has 6 rings (SSSR count). The number of carbonyl (C=O) groups excluding carboxylic acids is 1. The van der Waals surface area contributed by atoms with Crippen molar-refractivity contribution in [3.63, 3.8) is 0 Å². The zero-order chi connectivity index (χ0) is 28.7. The maximum Gasteiger partial charge on any atom is 0.265 e. The van der Waals surface area contributed by atoms with Crippen LogP contribution in [0.25, 0.3) is 44.2 Å². The topological polar surface area (TPSA) is 95.2 Å². The number of amides is 1. The van der Waals surface area contributed by atoms with Crippen LogP contribution in [0.5, 0.6) is 0 Å². The fourth-order valence-electron chi connectivity index (χ4n) is 5.29. The van der Waals surface area contributed by atoms with Gasteiger partial charge in [-0.15, -0.1) is 0 Å². The molecule has 6 aromatic rings. The van der Waals surface area contributed by atoms with Crippen molar-refractivity contribution in [1.82, 2.24) is 18.8 Å². The predicted octanol–water partition coefficient (Wildman–Crippen LogP) is 6.25. The van der Waals surface area contributed by atoms with E-state index in [9.17, 15) is 13.2 Å². The van der Waals surface area contributed by atoms with Crippen LogP contribution >= 0.6 is 11.6 Å². The second-order valence-electron chi connectivity index (χ2n) is 9.67. The molecule has 1 amide bonds. The van der Waals surface area contributed by atoms with Gasteiger partial charge in [0, 0.05) is 58.2 Å². The Bertz CT molecular complexity index is 2050. The Hall–Kier alpha value is -4.18. The summed E-state index contributed by atoms with van der Waals surface area (Å²) >= 11 is 5.87. The highest BCUT2D eigenvalue weighted by atomic mass is 35.5. The van der Waals surface area contributed by atoms with Crippen LogP contribution in [0.4, 0.5) is 0 Å². The molecule has 10 heteroatoms. The molecule has 41 heavy (non-hydrogen) atoms. The van der Waals surface area contributed by atoms with E-state index in [0.29, 0.717) is 23.7 Å². The lowest BCUT2D eigenvalue weighted by atomic mass is 10.1.